The fourth-order valence-electron chi connectivity index (χ4n) is 2.56. The van der Waals surface area contributed by atoms with Crippen LogP contribution in [0.4, 0.5) is 4.39 Å². The molecule has 0 spiro atoms. The van der Waals surface area contributed by atoms with E-state index in [1.807, 2.05) is 12.1 Å². The third kappa shape index (κ3) is 3.01. The van der Waals surface area contributed by atoms with Crippen LogP contribution < -0.4 is 0 Å². The molecule has 1 aliphatic rings. The molecule has 0 N–H and O–H groups in total. The number of hydrogen-bond donors (Lipinski definition) is 0. The molecular formula is C17H23F. The maximum absolute atomic E-state index is 14.2. The van der Waals surface area contributed by atoms with Crippen LogP contribution in [-0.2, 0) is 6.42 Å². The zero-order valence-electron chi connectivity index (χ0n) is 11.5. The maximum atomic E-state index is 14.2. The Balaban J connectivity index is 2.24. The molecule has 1 aromatic carbocycles. The molecule has 1 saturated carbocycles. The van der Waals surface area contributed by atoms with Gasteiger partial charge in [-0.2, -0.15) is 0 Å². The van der Waals surface area contributed by atoms with Gasteiger partial charge < -0.3 is 0 Å². The molecule has 0 heterocycles. The highest BCUT2D eigenvalue weighted by Crippen LogP contribution is 2.33. The molecule has 1 heteroatoms. The van der Waals surface area contributed by atoms with Crippen LogP contribution in [0.1, 0.15) is 55.7 Å². The molecule has 0 radical (unpaired) electrons. The van der Waals surface area contributed by atoms with Crippen molar-refractivity contribution in [2.45, 2.75) is 52.4 Å². The van der Waals surface area contributed by atoms with E-state index in [9.17, 15) is 4.39 Å². The highest BCUT2D eigenvalue weighted by Gasteiger charge is 2.20. The zero-order valence-corrected chi connectivity index (χ0v) is 11.5. The first-order chi connectivity index (χ1) is 8.72. The molecule has 0 atom stereocenters. The van der Waals surface area contributed by atoms with Gasteiger partial charge in [0.2, 0.25) is 0 Å². The first-order valence-corrected chi connectivity index (χ1v) is 7.17. The predicted molar refractivity (Wildman–Crippen MR) is 76.2 cm³/mol. The van der Waals surface area contributed by atoms with Crippen molar-refractivity contribution >= 4 is 5.83 Å². The van der Waals surface area contributed by atoms with Gasteiger partial charge in [-0.25, -0.2) is 4.39 Å². The molecule has 0 nitrogen and oxygen atoms in total. The topological polar surface area (TPSA) is 0 Å². The Hall–Kier alpha value is -1.11. The third-order valence-corrected chi connectivity index (χ3v) is 4.00. The molecule has 0 amide bonds. The van der Waals surface area contributed by atoms with Gasteiger partial charge in [-0.3, -0.25) is 0 Å². The van der Waals surface area contributed by atoms with Gasteiger partial charge in [-0.15, -0.1) is 0 Å². The monoisotopic (exact) mass is 246 g/mol. The largest absolute Gasteiger partial charge is 0.207 e. The lowest BCUT2D eigenvalue weighted by Gasteiger charge is -2.27. The highest BCUT2D eigenvalue weighted by atomic mass is 19.1. The van der Waals surface area contributed by atoms with Crippen LogP contribution in [-0.4, -0.2) is 0 Å². The van der Waals surface area contributed by atoms with Crippen LogP contribution in [0, 0.1) is 12.8 Å². The molecule has 0 unspecified atom stereocenters. The lowest BCUT2D eigenvalue weighted by molar-refractivity contribution is 0.314. The van der Waals surface area contributed by atoms with Gasteiger partial charge in [0.05, 0.1) is 0 Å². The normalized spacial score (nSPS) is 16.7. The number of halogens is 1. The van der Waals surface area contributed by atoms with Crippen molar-refractivity contribution in [3.63, 3.8) is 0 Å². The summed E-state index contributed by atoms with van der Waals surface area (Å²) in [5.74, 6) is 0.749. The van der Waals surface area contributed by atoms with Crippen LogP contribution in [0.25, 0.3) is 5.83 Å². The molecular weight excluding hydrogens is 223 g/mol. The fourth-order valence-corrected chi connectivity index (χ4v) is 2.56. The highest BCUT2D eigenvalue weighted by molar-refractivity contribution is 5.63. The minimum atomic E-state index is -0.0325. The van der Waals surface area contributed by atoms with Gasteiger partial charge >= 0.3 is 0 Å². The summed E-state index contributed by atoms with van der Waals surface area (Å²) >= 11 is 0. The summed E-state index contributed by atoms with van der Waals surface area (Å²) in [5.41, 5.74) is 3.29. The minimum absolute atomic E-state index is 0.0325. The summed E-state index contributed by atoms with van der Waals surface area (Å²) in [6, 6.07) is 6.00. The van der Waals surface area contributed by atoms with Crippen molar-refractivity contribution in [2.75, 3.05) is 0 Å². The summed E-state index contributed by atoms with van der Waals surface area (Å²) in [5, 5.41) is 0. The fraction of sp³-hybridized carbons (Fsp3) is 0.529. The van der Waals surface area contributed by atoms with E-state index in [2.05, 4.69) is 19.9 Å². The summed E-state index contributed by atoms with van der Waals surface area (Å²) in [7, 11) is 0. The van der Waals surface area contributed by atoms with Crippen molar-refractivity contribution in [1.29, 1.82) is 0 Å². The number of allylic oxidation sites excluding steroid dienone is 1. The second-order valence-corrected chi connectivity index (χ2v) is 5.44. The standard InChI is InChI=1S/C17H23F/c1-3-4-11-17(18)15-10-5-7-13(2)16(15)12-14-8-6-9-14/h5,7,10-11,14H,3-4,6,8-9,12H2,1-2H3/b17-11-. The van der Waals surface area contributed by atoms with Crippen LogP contribution in [0.2, 0.25) is 0 Å². The van der Waals surface area contributed by atoms with Gasteiger partial charge in [0.1, 0.15) is 5.83 Å². The van der Waals surface area contributed by atoms with E-state index in [1.54, 1.807) is 6.08 Å². The van der Waals surface area contributed by atoms with Crippen molar-refractivity contribution in [3.8, 4) is 0 Å². The molecule has 1 fully saturated rings. The summed E-state index contributed by atoms with van der Waals surface area (Å²) in [6.45, 7) is 4.18. The molecule has 0 saturated heterocycles. The Bertz CT molecular complexity index is 427. The second kappa shape index (κ2) is 6.17. The SMILES string of the molecule is CCC/C=C(\F)c1cccc(C)c1CC1CCC1. The molecule has 0 bridgehead atoms. The number of hydrogen-bond acceptors (Lipinski definition) is 0. The Morgan fingerprint density at radius 3 is 2.78 bits per heavy atom. The van der Waals surface area contributed by atoms with E-state index in [-0.39, 0.29) is 5.83 Å². The molecule has 98 valence electrons. The second-order valence-electron chi connectivity index (χ2n) is 5.44. The lowest BCUT2D eigenvalue weighted by atomic mass is 9.79. The summed E-state index contributed by atoms with van der Waals surface area (Å²) in [6.07, 6.45) is 8.58. The van der Waals surface area contributed by atoms with E-state index < -0.39 is 0 Å². The van der Waals surface area contributed by atoms with Crippen LogP contribution in [0.5, 0.6) is 0 Å². The first-order valence-electron chi connectivity index (χ1n) is 7.17. The van der Waals surface area contributed by atoms with Gasteiger partial charge in [-0.1, -0.05) is 50.8 Å². The third-order valence-electron chi connectivity index (χ3n) is 4.00. The van der Waals surface area contributed by atoms with Crippen molar-refractivity contribution < 1.29 is 4.39 Å². The molecule has 0 aliphatic heterocycles. The Kier molecular flexibility index (Phi) is 4.57. The molecule has 2 rings (SSSR count). The Morgan fingerprint density at radius 1 is 1.39 bits per heavy atom. The van der Waals surface area contributed by atoms with Gasteiger partial charge in [0, 0.05) is 5.56 Å². The smallest absolute Gasteiger partial charge is 0.126 e. The molecule has 18 heavy (non-hydrogen) atoms. The molecule has 1 aliphatic carbocycles. The van der Waals surface area contributed by atoms with Crippen molar-refractivity contribution in [3.05, 3.63) is 41.0 Å². The first kappa shape index (κ1) is 13.3. The molecule has 1 aromatic rings. The Labute approximate surface area is 110 Å². The average Bonchev–Trinajstić information content (AvgIpc) is 2.32. The number of aryl methyl sites for hydroxylation is 1. The lowest BCUT2D eigenvalue weighted by Crippen LogP contribution is -2.15. The van der Waals surface area contributed by atoms with Crippen LogP contribution in [0.3, 0.4) is 0 Å². The number of benzene rings is 1. The maximum Gasteiger partial charge on any atom is 0.126 e. The quantitative estimate of drug-likeness (QED) is 0.648. The van der Waals surface area contributed by atoms with E-state index >= 15 is 0 Å². The van der Waals surface area contributed by atoms with E-state index in [1.165, 1.54) is 30.4 Å². The van der Waals surface area contributed by atoms with Crippen molar-refractivity contribution in [1.82, 2.24) is 0 Å². The zero-order chi connectivity index (χ0) is 13.0. The minimum Gasteiger partial charge on any atom is -0.207 e. The van der Waals surface area contributed by atoms with E-state index in [0.717, 1.165) is 30.7 Å². The van der Waals surface area contributed by atoms with Crippen LogP contribution in [0.15, 0.2) is 24.3 Å². The summed E-state index contributed by atoms with van der Waals surface area (Å²) in [4.78, 5) is 0. The number of unbranched alkanes of at least 4 members (excludes halogenated alkanes) is 1. The van der Waals surface area contributed by atoms with Crippen LogP contribution >= 0.6 is 0 Å². The van der Waals surface area contributed by atoms with Gasteiger partial charge in [0.15, 0.2) is 0 Å². The van der Waals surface area contributed by atoms with Crippen molar-refractivity contribution in [2.24, 2.45) is 5.92 Å². The van der Waals surface area contributed by atoms with E-state index in [4.69, 9.17) is 0 Å². The predicted octanol–water partition coefficient (Wildman–Crippen LogP) is 5.45. The van der Waals surface area contributed by atoms with Gasteiger partial charge in [-0.05, 0) is 42.9 Å². The van der Waals surface area contributed by atoms with E-state index in [0.29, 0.717) is 0 Å². The Morgan fingerprint density at radius 2 is 2.17 bits per heavy atom. The van der Waals surface area contributed by atoms with Gasteiger partial charge in [0.25, 0.3) is 0 Å². The summed E-state index contributed by atoms with van der Waals surface area (Å²) < 4.78 is 14.2. The average molecular weight is 246 g/mol. The molecule has 0 aromatic heterocycles. The number of rotatable bonds is 5.